The van der Waals surface area contributed by atoms with Gasteiger partial charge in [0.05, 0.1) is 28.0 Å². The minimum Gasteiger partial charge on any atom is -0.508 e. The van der Waals surface area contributed by atoms with E-state index in [1.54, 1.807) is 31.7 Å². The van der Waals surface area contributed by atoms with Crippen molar-refractivity contribution in [1.29, 1.82) is 0 Å². The summed E-state index contributed by atoms with van der Waals surface area (Å²) in [6, 6.07) is 21.5. The third-order valence-corrected chi connectivity index (χ3v) is 6.30. The summed E-state index contributed by atoms with van der Waals surface area (Å²) in [5.41, 5.74) is 2.83. The molecule has 0 aliphatic carbocycles. The number of aromatic nitrogens is 1. The van der Waals surface area contributed by atoms with E-state index >= 15 is 0 Å². The number of phenols is 1. The van der Waals surface area contributed by atoms with Crippen LogP contribution in [0.1, 0.15) is 0 Å². The zero-order chi connectivity index (χ0) is 21.1. The topological polar surface area (TPSA) is 83.8 Å². The average Bonchev–Trinajstić information content (AvgIpc) is 2.74. The zero-order valence-electron chi connectivity index (χ0n) is 16.6. The van der Waals surface area contributed by atoms with Crippen molar-refractivity contribution in [2.45, 2.75) is 4.90 Å². The minimum atomic E-state index is -2.58. The molecule has 2 N–H and O–H groups in total. The number of pyridine rings is 1. The van der Waals surface area contributed by atoms with E-state index in [9.17, 15) is 9.32 Å². The van der Waals surface area contributed by atoms with Gasteiger partial charge in [0.25, 0.3) is 0 Å². The van der Waals surface area contributed by atoms with Gasteiger partial charge in [-0.1, -0.05) is 18.2 Å². The highest BCUT2D eigenvalue weighted by Crippen LogP contribution is 2.32. The number of ether oxygens (including phenoxy) is 1. The van der Waals surface area contributed by atoms with Gasteiger partial charge in [-0.05, 0) is 36.4 Å². The van der Waals surface area contributed by atoms with Crippen molar-refractivity contribution in [1.82, 2.24) is 4.98 Å². The molecular formula is C23H21N3O3S. The molecule has 6 nitrogen and oxygen atoms in total. The van der Waals surface area contributed by atoms with Gasteiger partial charge < -0.3 is 15.2 Å². The number of methoxy groups -OCH3 is 1. The van der Waals surface area contributed by atoms with E-state index < -0.39 is 9.73 Å². The summed E-state index contributed by atoms with van der Waals surface area (Å²) in [6.07, 6.45) is 3.34. The maximum Gasteiger partial charge on any atom is 0.124 e. The first-order valence-electron chi connectivity index (χ1n) is 9.26. The molecule has 1 heterocycles. The van der Waals surface area contributed by atoms with Gasteiger partial charge in [0, 0.05) is 52.3 Å². The monoisotopic (exact) mass is 419 g/mol. The smallest absolute Gasteiger partial charge is 0.124 e. The van der Waals surface area contributed by atoms with Gasteiger partial charge >= 0.3 is 0 Å². The second kappa shape index (κ2) is 8.04. The fraction of sp³-hybridized carbons (Fsp3) is 0.0870. The Morgan fingerprint density at radius 1 is 1.03 bits per heavy atom. The Kier molecular flexibility index (Phi) is 5.29. The molecule has 0 amide bonds. The lowest BCUT2D eigenvalue weighted by molar-refractivity contribution is 0.408. The maximum atomic E-state index is 13.1. The highest BCUT2D eigenvalue weighted by atomic mass is 32.2. The molecule has 152 valence electrons. The van der Waals surface area contributed by atoms with Crippen molar-refractivity contribution < 1.29 is 14.1 Å². The summed E-state index contributed by atoms with van der Waals surface area (Å²) < 4.78 is 22.9. The molecule has 4 rings (SSSR count). The highest BCUT2D eigenvalue weighted by molar-refractivity contribution is 7.93. The summed E-state index contributed by atoms with van der Waals surface area (Å²) >= 11 is 0. The molecule has 0 aliphatic heterocycles. The maximum absolute atomic E-state index is 13.1. The SMILES string of the molecule is COc1cc(O)cc(Nc2ccnc3ccc(N=[S@](C)(=O)c4ccccc4)cc23)c1. The average molecular weight is 420 g/mol. The summed E-state index contributed by atoms with van der Waals surface area (Å²) in [4.78, 5) is 5.09. The molecule has 0 saturated heterocycles. The number of phenolic OH excluding ortho intramolecular Hbond substituents is 1. The molecule has 3 aromatic carbocycles. The number of hydrogen-bond acceptors (Lipinski definition) is 6. The van der Waals surface area contributed by atoms with Crippen LogP contribution in [0.3, 0.4) is 0 Å². The molecule has 0 spiro atoms. The number of nitrogens with zero attached hydrogens (tertiary/aromatic N) is 2. The quantitative estimate of drug-likeness (QED) is 0.447. The van der Waals surface area contributed by atoms with Crippen LogP contribution in [0.4, 0.5) is 17.1 Å². The lowest BCUT2D eigenvalue weighted by atomic mass is 10.1. The fourth-order valence-corrected chi connectivity index (χ4v) is 4.44. The fourth-order valence-electron chi connectivity index (χ4n) is 3.16. The molecule has 0 unspecified atom stereocenters. The molecule has 0 bridgehead atoms. The Morgan fingerprint density at radius 3 is 2.60 bits per heavy atom. The number of benzene rings is 3. The van der Waals surface area contributed by atoms with Crippen molar-refractivity contribution in [2.75, 3.05) is 18.7 Å². The first-order valence-corrected chi connectivity index (χ1v) is 11.2. The van der Waals surface area contributed by atoms with E-state index in [4.69, 9.17) is 4.74 Å². The van der Waals surface area contributed by atoms with Gasteiger partial charge in [-0.15, -0.1) is 0 Å². The third kappa shape index (κ3) is 4.21. The zero-order valence-corrected chi connectivity index (χ0v) is 17.4. The first kappa shape index (κ1) is 19.7. The van der Waals surface area contributed by atoms with Crippen molar-refractivity contribution in [3.8, 4) is 11.5 Å². The highest BCUT2D eigenvalue weighted by Gasteiger charge is 2.09. The van der Waals surface area contributed by atoms with Crippen molar-refractivity contribution in [3.05, 3.63) is 79.0 Å². The third-order valence-electron chi connectivity index (χ3n) is 4.59. The summed E-state index contributed by atoms with van der Waals surface area (Å²) in [5.74, 6) is 0.639. The molecule has 1 aromatic heterocycles. The van der Waals surface area contributed by atoms with Crippen LogP contribution in [0.5, 0.6) is 11.5 Å². The Morgan fingerprint density at radius 2 is 1.83 bits per heavy atom. The van der Waals surface area contributed by atoms with Gasteiger partial charge in [0.15, 0.2) is 0 Å². The number of anilines is 2. The molecule has 30 heavy (non-hydrogen) atoms. The van der Waals surface area contributed by atoms with Crippen molar-refractivity contribution in [3.63, 3.8) is 0 Å². The van der Waals surface area contributed by atoms with E-state index in [1.165, 1.54) is 6.07 Å². The molecule has 0 radical (unpaired) electrons. The van der Waals surface area contributed by atoms with Gasteiger partial charge in [0.2, 0.25) is 0 Å². The molecule has 4 aromatic rings. The van der Waals surface area contributed by atoms with Crippen LogP contribution >= 0.6 is 0 Å². The van der Waals surface area contributed by atoms with E-state index in [2.05, 4.69) is 14.7 Å². The number of hydrogen-bond donors (Lipinski definition) is 2. The van der Waals surface area contributed by atoms with Crippen LogP contribution in [-0.4, -0.2) is 27.7 Å². The largest absolute Gasteiger partial charge is 0.508 e. The van der Waals surface area contributed by atoms with Crippen molar-refractivity contribution >= 4 is 37.7 Å². The Balaban J connectivity index is 1.77. The van der Waals surface area contributed by atoms with E-state index in [-0.39, 0.29) is 5.75 Å². The van der Waals surface area contributed by atoms with Gasteiger partial charge in [0.1, 0.15) is 11.5 Å². The van der Waals surface area contributed by atoms with E-state index in [1.807, 2.05) is 54.6 Å². The van der Waals surface area contributed by atoms with Crippen molar-refractivity contribution in [2.24, 2.45) is 4.36 Å². The van der Waals surface area contributed by atoms with Gasteiger partial charge in [-0.3, -0.25) is 4.98 Å². The normalized spacial score (nSPS) is 12.9. The predicted octanol–water partition coefficient (Wildman–Crippen LogP) is 5.48. The minimum absolute atomic E-state index is 0.0967. The lowest BCUT2D eigenvalue weighted by Gasteiger charge is -2.12. The Bertz CT molecular complexity index is 1330. The van der Waals surface area contributed by atoms with E-state index in [0.29, 0.717) is 22.0 Å². The second-order valence-electron chi connectivity index (χ2n) is 6.81. The summed E-state index contributed by atoms with van der Waals surface area (Å²) in [5, 5.41) is 14.0. The number of rotatable bonds is 5. The Labute approximate surface area is 175 Å². The number of fused-ring (bicyclic) bond motifs is 1. The molecular weight excluding hydrogens is 398 g/mol. The van der Waals surface area contributed by atoms with Gasteiger partial charge in [-0.2, -0.15) is 4.36 Å². The molecule has 0 fully saturated rings. The van der Waals surface area contributed by atoms with Crippen LogP contribution in [0.2, 0.25) is 0 Å². The number of aromatic hydroxyl groups is 1. The van der Waals surface area contributed by atoms with Gasteiger partial charge in [-0.25, -0.2) is 4.21 Å². The summed E-state index contributed by atoms with van der Waals surface area (Å²) in [6.45, 7) is 0. The molecule has 0 saturated carbocycles. The van der Waals surface area contributed by atoms with Crippen LogP contribution in [-0.2, 0) is 9.73 Å². The van der Waals surface area contributed by atoms with Crippen LogP contribution in [0.15, 0.2) is 88.3 Å². The predicted molar refractivity (Wildman–Crippen MR) is 121 cm³/mol. The van der Waals surface area contributed by atoms with Crippen LogP contribution in [0, 0.1) is 0 Å². The summed E-state index contributed by atoms with van der Waals surface area (Å²) in [7, 11) is -1.04. The van der Waals surface area contributed by atoms with Crippen LogP contribution in [0.25, 0.3) is 10.9 Å². The first-order chi connectivity index (χ1) is 14.4. The number of nitrogens with one attached hydrogen (secondary N) is 1. The second-order valence-corrected chi connectivity index (χ2v) is 9.07. The van der Waals surface area contributed by atoms with E-state index in [0.717, 1.165) is 16.6 Å². The molecule has 7 heteroatoms. The molecule has 0 aliphatic rings. The van der Waals surface area contributed by atoms with Crippen LogP contribution < -0.4 is 10.1 Å². The lowest BCUT2D eigenvalue weighted by Crippen LogP contribution is -1.96. The standard InChI is InChI=1S/C23H21N3O3S/c1-29-19-13-17(12-18(27)15-19)25-23-10-11-24-22-9-8-16(14-21(22)23)26-30(2,28)20-6-4-3-5-7-20/h3-15,27H,1-2H3,(H,24,25)/t30-/m1/s1. The molecule has 1 atom stereocenters. The Hall–Kier alpha value is -3.58.